The van der Waals surface area contributed by atoms with E-state index in [0.717, 1.165) is 5.56 Å². The smallest absolute Gasteiger partial charge is 0.244 e. The Bertz CT molecular complexity index is 687. The van der Waals surface area contributed by atoms with Crippen LogP contribution in [0.1, 0.15) is 5.56 Å². The fourth-order valence-corrected chi connectivity index (χ4v) is 3.04. The lowest BCUT2D eigenvalue weighted by molar-refractivity contribution is 0.402. The molecule has 0 atom stereocenters. The lowest BCUT2D eigenvalue weighted by Gasteiger charge is -2.11. The summed E-state index contributed by atoms with van der Waals surface area (Å²) in [7, 11) is -2.25. The highest BCUT2D eigenvalue weighted by Gasteiger charge is 2.19. The van der Waals surface area contributed by atoms with Crippen molar-refractivity contribution in [2.24, 2.45) is 0 Å². The molecule has 106 valence electrons. The number of sulfonamides is 1. The molecule has 0 aromatic heterocycles. The number of hydrogen-bond donors (Lipinski definition) is 1. The van der Waals surface area contributed by atoms with Crippen LogP contribution in [0.4, 0.5) is 0 Å². The van der Waals surface area contributed by atoms with Crippen molar-refractivity contribution in [1.29, 1.82) is 0 Å². The van der Waals surface area contributed by atoms with Crippen LogP contribution in [0.15, 0.2) is 53.4 Å². The van der Waals surface area contributed by atoms with Gasteiger partial charge in [0.25, 0.3) is 0 Å². The SMILES string of the molecule is COc1cc(Cl)ccc1S(=O)(=O)NCc1ccccc1. The number of benzene rings is 2. The summed E-state index contributed by atoms with van der Waals surface area (Å²) in [5, 5.41) is 0.420. The van der Waals surface area contributed by atoms with Gasteiger partial charge in [0.2, 0.25) is 10.0 Å². The van der Waals surface area contributed by atoms with Crippen LogP contribution in [0, 0.1) is 0 Å². The van der Waals surface area contributed by atoms with E-state index in [0.29, 0.717) is 5.02 Å². The third kappa shape index (κ3) is 3.50. The second-order valence-electron chi connectivity index (χ2n) is 4.11. The molecule has 1 N–H and O–H groups in total. The summed E-state index contributed by atoms with van der Waals surface area (Å²) in [4.78, 5) is 0.0698. The van der Waals surface area contributed by atoms with Crippen LogP contribution in [0.2, 0.25) is 5.02 Å². The number of nitrogens with one attached hydrogen (secondary N) is 1. The molecular formula is C14H14ClNO3S. The Hall–Kier alpha value is -1.56. The first-order valence-corrected chi connectivity index (χ1v) is 7.76. The number of ether oxygens (including phenoxy) is 1. The molecule has 2 aromatic carbocycles. The predicted octanol–water partition coefficient (Wildman–Crippen LogP) is 2.83. The van der Waals surface area contributed by atoms with Gasteiger partial charge in [-0.15, -0.1) is 0 Å². The Morgan fingerprint density at radius 2 is 1.85 bits per heavy atom. The van der Waals surface area contributed by atoms with E-state index < -0.39 is 10.0 Å². The fraction of sp³-hybridized carbons (Fsp3) is 0.143. The molecule has 0 aliphatic carbocycles. The van der Waals surface area contributed by atoms with Gasteiger partial charge in [0, 0.05) is 17.6 Å². The molecule has 2 rings (SSSR count). The molecule has 0 saturated heterocycles. The predicted molar refractivity (Wildman–Crippen MR) is 78.5 cm³/mol. The van der Waals surface area contributed by atoms with E-state index in [4.69, 9.17) is 16.3 Å². The van der Waals surface area contributed by atoms with E-state index in [-0.39, 0.29) is 17.2 Å². The van der Waals surface area contributed by atoms with Crippen molar-refractivity contribution in [1.82, 2.24) is 4.72 Å². The van der Waals surface area contributed by atoms with E-state index >= 15 is 0 Å². The molecule has 0 amide bonds. The van der Waals surface area contributed by atoms with E-state index in [9.17, 15) is 8.42 Å². The third-order valence-electron chi connectivity index (χ3n) is 2.72. The molecule has 0 fully saturated rings. The monoisotopic (exact) mass is 311 g/mol. The van der Waals surface area contributed by atoms with Crippen LogP contribution >= 0.6 is 11.6 Å². The van der Waals surface area contributed by atoms with Crippen LogP contribution < -0.4 is 9.46 Å². The van der Waals surface area contributed by atoms with Gasteiger partial charge in [-0.1, -0.05) is 41.9 Å². The first-order valence-electron chi connectivity index (χ1n) is 5.90. The molecule has 0 unspecified atom stereocenters. The molecule has 0 aliphatic heterocycles. The molecule has 0 bridgehead atoms. The zero-order valence-electron chi connectivity index (χ0n) is 10.8. The number of halogens is 1. The summed E-state index contributed by atoms with van der Waals surface area (Å²) in [6, 6.07) is 13.7. The van der Waals surface area contributed by atoms with E-state index in [1.807, 2.05) is 30.3 Å². The molecule has 4 nitrogen and oxygen atoms in total. The first kappa shape index (κ1) is 14.8. The minimum Gasteiger partial charge on any atom is -0.495 e. The van der Waals surface area contributed by atoms with Gasteiger partial charge < -0.3 is 4.74 Å². The van der Waals surface area contributed by atoms with Gasteiger partial charge in [0.05, 0.1) is 7.11 Å². The van der Waals surface area contributed by atoms with Crippen molar-refractivity contribution in [3.63, 3.8) is 0 Å². The van der Waals surface area contributed by atoms with Gasteiger partial charge in [-0.05, 0) is 17.7 Å². The van der Waals surface area contributed by atoms with Gasteiger partial charge in [0.15, 0.2) is 0 Å². The summed E-state index contributed by atoms with van der Waals surface area (Å²) in [5.41, 5.74) is 0.879. The average Bonchev–Trinajstić information content (AvgIpc) is 2.46. The summed E-state index contributed by atoms with van der Waals surface area (Å²) >= 11 is 5.82. The minimum atomic E-state index is -3.65. The molecular weight excluding hydrogens is 298 g/mol. The second kappa shape index (κ2) is 6.26. The third-order valence-corrected chi connectivity index (χ3v) is 4.40. The van der Waals surface area contributed by atoms with Crippen LogP contribution in [0.3, 0.4) is 0 Å². The first-order chi connectivity index (χ1) is 9.53. The fourth-order valence-electron chi connectivity index (χ4n) is 1.72. The van der Waals surface area contributed by atoms with Crippen molar-refractivity contribution in [2.45, 2.75) is 11.4 Å². The lowest BCUT2D eigenvalue weighted by Crippen LogP contribution is -2.23. The van der Waals surface area contributed by atoms with Gasteiger partial charge >= 0.3 is 0 Å². The Morgan fingerprint density at radius 3 is 2.50 bits per heavy atom. The summed E-state index contributed by atoms with van der Waals surface area (Å²) in [6.45, 7) is 0.217. The maximum absolute atomic E-state index is 12.3. The lowest BCUT2D eigenvalue weighted by atomic mass is 10.2. The molecule has 0 radical (unpaired) electrons. The Kier molecular flexibility index (Phi) is 4.65. The van der Waals surface area contributed by atoms with Crippen molar-refractivity contribution >= 4 is 21.6 Å². The minimum absolute atomic E-state index is 0.0698. The molecule has 6 heteroatoms. The second-order valence-corrected chi connectivity index (χ2v) is 6.28. The zero-order chi connectivity index (χ0) is 14.6. The highest BCUT2D eigenvalue weighted by Crippen LogP contribution is 2.27. The van der Waals surface area contributed by atoms with Crippen LogP contribution in [-0.2, 0) is 16.6 Å². The van der Waals surface area contributed by atoms with Crippen LogP contribution in [0.5, 0.6) is 5.75 Å². The Morgan fingerprint density at radius 1 is 1.15 bits per heavy atom. The van der Waals surface area contributed by atoms with Gasteiger partial charge in [-0.2, -0.15) is 0 Å². The molecule has 20 heavy (non-hydrogen) atoms. The molecule has 0 aliphatic rings. The standard InChI is InChI=1S/C14H14ClNO3S/c1-19-13-9-12(15)7-8-14(13)20(17,18)16-10-11-5-3-2-4-6-11/h2-9,16H,10H2,1H3. The highest BCUT2D eigenvalue weighted by atomic mass is 35.5. The van der Waals surface area contributed by atoms with Crippen LogP contribution in [0.25, 0.3) is 0 Å². The topological polar surface area (TPSA) is 55.4 Å². The van der Waals surface area contributed by atoms with Gasteiger partial charge in [0.1, 0.15) is 10.6 Å². The molecule has 2 aromatic rings. The Balaban J connectivity index is 2.22. The zero-order valence-corrected chi connectivity index (χ0v) is 12.4. The van der Waals surface area contributed by atoms with Gasteiger partial charge in [-0.3, -0.25) is 0 Å². The quantitative estimate of drug-likeness (QED) is 0.924. The summed E-state index contributed by atoms with van der Waals surface area (Å²) < 4.78 is 32.1. The Labute approximate surface area is 123 Å². The van der Waals surface area contributed by atoms with Crippen molar-refractivity contribution < 1.29 is 13.2 Å². The van der Waals surface area contributed by atoms with Gasteiger partial charge in [-0.25, -0.2) is 13.1 Å². The van der Waals surface area contributed by atoms with Crippen molar-refractivity contribution in [3.8, 4) is 5.75 Å². The van der Waals surface area contributed by atoms with Crippen molar-refractivity contribution in [2.75, 3.05) is 7.11 Å². The normalized spacial score (nSPS) is 11.3. The number of rotatable bonds is 5. The van der Waals surface area contributed by atoms with Crippen LogP contribution in [-0.4, -0.2) is 15.5 Å². The largest absolute Gasteiger partial charge is 0.495 e. The molecule has 0 spiro atoms. The number of hydrogen-bond acceptors (Lipinski definition) is 3. The van der Waals surface area contributed by atoms with E-state index in [1.54, 1.807) is 0 Å². The average molecular weight is 312 g/mol. The summed E-state index contributed by atoms with van der Waals surface area (Å²) in [5.74, 6) is 0.220. The highest BCUT2D eigenvalue weighted by molar-refractivity contribution is 7.89. The number of methoxy groups -OCH3 is 1. The maximum atomic E-state index is 12.3. The molecule has 0 heterocycles. The van der Waals surface area contributed by atoms with E-state index in [2.05, 4.69) is 4.72 Å². The summed E-state index contributed by atoms with van der Waals surface area (Å²) in [6.07, 6.45) is 0. The molecule has 0 saturated carbocycles. The maximum Gasteiger partial charge on any atom is 0.244 e. The van der Waals surface area contributed by atoms with E-state index in [1.165, 1.54) is 25.3 Å². The van der Waals surface area contributed by atoms with Crippen molar-refractivity contribution in [3.05, 3.63) is 59.1 Å².